The molecule has 2 heterocycles. The van der Waals surface area contributed by atoms with Crippen molar-refractivity contribution in [2.75, 3.05) is 18.5 Å². The van der Waals surface area contributed by atoms with Gasteiger partial charge in [-0.3, -0.25) is 9.48 Å². The number of nitrogens with one attached hydrogen (secondary N) is 1. The predicted octanol–water partition coefficient (Wildman–Crippen LogP) is 2.72. The van der Waals surface area contributed by atoms with Gasteiger partial charge in [0.15, 0.2) is 11.5 Å². The number of carbonyl (C=O) groups is 1. The van der Waals surface area contributed by atoms with Crippen molar-refractivity contribution in [1.29, 1.82) is 0 Å². The van der Waals surface area contributed by atoms with E-state index in [-0.39, 0.29) is 12.2 Å². The van der Waals surface area contributed by atoms with Crippen molar-refractivity contribution in [2.45, 2.75) is 13.3 Å². The van der Waals surface area contributed by atoms with E-state index in [1.165, 1.54) is 0 Å². The van der Waals surface area contributed by atoms with Crippen LogP contribution in [0.3, 0.4) is 0 Å². The van der Waals surface area contributed by atoms with Gasteiger partial charge in [-0.05, 0) is 35.0 Å². The van der Waals surface area contributed by atoms with Crippen LogP contribution in [0.25, 0.3) is 0 Å². The quantitative estimate of drug-likeness (QED) is 0.865. The summed E-state index contributed by atoms with van der Waals surface area (Å²) in [6.07, 6.45) is 0.289. The molecule has 0 atom stereocenters. The molecule has 1 aromatic heterocycles. The van der Waals surface area contributed by atoms with Gasteiger partial charge in [0.05, 0.1) is 33.5 Å². The molecule has 6 heteroatoms. The van der Waals surface area contributed by atoms with Crippen molar-refractivity contribution < 1.29 is 9.53 Å². The number of halogens is 1. The highest BCUT2D eigenvalue weighted by Gasteiger charge is 2.21. The first kappa shape index (κ1) is 14.1. The highest BCUT2D eigenvalue weighted by molar-refractivity contribution is 9.10. The summed E-state index contributed by atoms with van der Waals surface area (Å²) < 4.78 is 8.29. The number of fused-ring (bicyclic) bond motifs is 1. The van der Waals surface area contributed by atoms with E-state index in [1.807, 2.05) is 32.2 Å². The highest BCUT2D eigenvalue weighted by Crippen LogP contribution is 2.32. The number of para-hydroxylation sites is 1. The van der Waals surface area contributed by atoms with Crippen LogP contribution in [0.4, 0.5) is 5.69 Å². The maximum absolute atomic E-state index is 12.6. The molecule has 3 rings (SSSR count). The minimum atomic E-state index is 0.0271. The number of Topliss-reactive ketones (excluding diaryl/α,β-unsaturated/α-hetero) is 1. The SMILES string of the molecule is Cc1nn(C)c(CC(=O)c2cccc3c2OCCN3)c1Br. The molecule has 0 radical (unpaired) electrons. The smallest absolute Gasteiger partial charge is 0.172 e. The summed E-state index contributed by atoms with van der Waals surface area (Å²) in [5.74, 6) is 0.683. The first-order valence-electron chi connectivity index (χ1n) is 6.79. The Bertz CT molecular complexity index is 709. The molecule has 0 spiro atoms. The lowest BCUT2D eigenvalue weighted by atomic mass is 10.0. The Morgan fingerprint density at radius 1 is 1.52 bits per heavy atom. The second kappa shape index (κ2) is 5.52. The number of benzene rings is 1. The zero-order chi connectivity index (χ0) is 15.0. The molecule has 0 fully saturated rings. The molecule has 1 N–H and O–H groups in total. The number of ether oxygens (including phenoxy) is 1. The number of rotatable bonds is 3. The van der Waals surface area contributed by atoms with E-state index < -0.39 is 0 Å². The average Bonchev–Trinajstić information content (AvgIpc) is 2.73. The fourth-order valence-electron chi connectivity index (χ4n) is 2.51. The van der Waals surface area contributed by atoms with Crippen molar-refractivity contribution in [2.24, 2.45) is 7.05 Å². The average molecular weight is 350 g/mol. The van der Waals surface area contributed by atoms with Gasteiger partial charge in [-0.25, -0.2) is 0 Å². The lowest BCUT2D eigenvalue weighted by molar-refractivity contribution is 0.0986. The molecule has 1 aliphatic heterocycles. The van der Waals surface area contributed by atoms with Crippen LogP contribution in [-0.4, -0.2) is 28.7 Å². The Morgan fingerprint density at radius 3 is 3.05 bits per heavy atom. The second-order valence-electron chi connectivity index (χ2n) is 5.03. The summed E-state index contributed by atoms with van der Waals surface area (Å²) in [4.78, 5) is 12.6. The minimum absolute atomic E-state index is 0.0271. The van der Waals surface area contributed by atoms with Crippen LogP contribution in [-0.2, 0) is 13.5 Å². The Labute approximate surface area is 131 Å². The number of aromatic nitrogens is 2. The van der Waals surface area contributed by atoms with Crippen molar-refractivity contribution in [1.82, 2.24) is 9.78 Å². The van der Waals surface area contributed by atoms with Crippen molar-refractivity contribution in [3.8, 4) is 5.75 Å². The lowest BCUT2D eigenvalue weighted by Gasteiger charge is -2.21. The molecule has 0 saturated carbocycles. The first-order chi connectivity index (χ1) is 10.1. The molecule has 21 heavy (non-hydrogen) atoms. The summed E-state index contributed by atoms with van der Waals surface area (Å²) >= 11 is 3.50. The molecular formula is C15H16BrN3O2. The van der Waals surface area contributed by atoms with Crippen LogP contribution in [0.1, 0.15) is 21.7 Å². The summed E-state index contributed by atoms with van der Waals surface area (Å²) in [5.41, 5.74) is 3.25. The second-order valence-corrected chi connectivity index (χ2v) is 5.82. The Kier molecular flexibility index (Phi) is 3.71. The predicted molar refractivity (Wildman–Crippen MR) is 84.1 cm³/mol. The number of anilines is 1. The summed E-state index contributed by atoms with van der Waals surface area (Å²) in [6.45, 7) is 3.25. The van der Waals surface area contributed by atoms with Gasteiger partial charge in [-0.2, -0.15) is 5.10 Å². The van der Waals surface area contributed by atoms with Crippen molar-refractivity contribution >= 4 is 27.4 Å². The van der Waals surface area contributed by atoms with Crippen LogP contribution in [0.5, 0.6) is 5.75 Å². The van der Waals surface area contributed by atoms with Gasteiger partial charge in [-0.1, -0.05) is 6.07 Å². The molecular weight excluding hydrogens is 334 g/mol. The molecule has 110 valence electrons. The monoisotopic (exact) mass is 349 g/mol. The van der Waals surface area contributed by atoms with Gasteiger partial charge in [0, 0.05) is 13.6 Å². The molecule has 2 aromatic rings. The van der Waals surface area contributed by atoms with Crippen molar-refractivity contribution in [3.63, 3.8) is 0 Å². The highest BCUT2D eigenvalue weighted by atomic mass is 79.9. The largest absolute Gasteiger partial charge is 0.489 e. The van der Waals surface area contributed by atoms with E-state index in [1.54, 1.807) is 4.68 Å². The Balaban J connectivity index is 1.93. The summed E-state index contributed by atoms with van der Waals surface area (Å²) in [6, 6.07) is 5.61. The molecule has 0 unspecified atom stereocenters. The van der Waals surface area contributed by atoms with Gasteiger partial charge < -0.3 is 10.1 Å². The van der Waals surface area contributed by atoms with Crippen LogP contribution in [0.15, 0.2) is 22.7 Å². The topological polar surface area (TPSA) is 56.2 Å². The van der Waals surface area contributed by atoms with E-state index in [4.69, 9.17) is 4.74 Å². The van der Waals surface area contributed by atoms with Crippen LogP contribution in [0.2, 0.25) is 0 Å². The molecule has 1 aromatic carbocycles. The third-order valence-corrected chi connectivity index (χ3v) is 4.60. The number of nitrogens with zero attached hydrogens (tertiary/aromatic N) is 2. The van der Waals surface area contributed by atoms with Gasteiger partial charge in [-0.15, -0.1) is 0 Å². The van der Waals surface area contributed by atoms with Gasteiger partial charge in [0.25, 0.3) is 0 Å². The van der Waals surface area contributed by atoms with Gasteiger partial charge in [0.1, 0.15) is 6.61 Å². The molecule has 0 aliphatic carbocycles. The number of carbonyl (C=O) groups excluding carboxylic acids is 1. The molecule has 0 bridgehead atoms. The molecule has 0 amide bonds. The summed E-state index contributed by atoms with van der Waals surface area (Å²) in [7, 11) is 1.85. The van der Waals surface area contributed by atoms with E-state index in [9.17, 15) is 4.79 Å². The van der Waals surface area contributed by atoms with E-state index >= 15 is 0 Å². The molecule has 5 nitrogen and oxygen atoms in total. The summed E-state index contributed by atoms with van der Waals surface area (Å²) in [5, 5.41) is 7.56. The standard InChI is InChI=1S/C15H16BrN3O2/c1-9-14(16)12(19(2)18-9)8-13(20)10-4-3-5-11-15(10)21-7-6-17-11/h3-5,17H,6-8H2,1-2H3. The molecule has 1 aliphatic rings. The van der Waals surface area contributed by atoms with E-state index in [0.29, 0.717) is 17.9 Å². The Morgan fingerprint density at radius 2 is 2.33 bits per heavy atom. The molecule has 0 saturated heterocycles. The zero-order valence-corrected chi connectivity index (χ0v) is 13.5. The number of hydrogen-bond acceptors (Lipinski definition) is 4. The minimum Gasteiger partial charge on any atom is -0.489 e. The van der Waals surface area contributed by atoms with Crippen LogP contribution < -0.4 is 10.1 Å². The normalized spacial score (nSPS) is 13.3. The van der Waals surface area contributed by atoms with E-state index in [2.05, 4.69) is 26.3 Å². The van der Waals surface area contributed by atoms with Crippen molar-refractivity contribution in [3.05, 3.63) is 39.6 Å². The number of hydrogen-bond donors (Lipinski definition) is 1. The third kappa shape index (κ3) is 2.55. The van der Waals surface area contributed by atoms with E-state index in [0.717, 1.165) is 28.1 Å². The third-order valence-electron chi connectivity index (χ3n) is 3.57. The fraction of sp³-hybridized carbons (Fsp3) is 0.333. The zero-order valence-electron chi connectivity index (χ0n) is 11.9. The lowest BCUT2D eigenvalue weighted by Crippen LogP contribution is -2.20. The van der Waals surface area contributed by atoms with Gasteiger partial charge in [0.2, 0.25) is 0 Å². The first-order valence-corrected chi connectivity index (χ1v) is 7.58. The number of aryl methyl sites for hydroxylation is 2. The Hall–Kier alpha value is -1.82. The maximum atomic E-state index is 12.6. The fourth-order valence-corrected chi connectivity index (χ4v) is 2.99. The number of ketones is 1. The van der Waals surface area contributed by atoms with Crippen LogP contribution >= 0.6 is 15.9 Å². The maximum Gasteiger partial charge on any atom is 0.172 e. The van der Waals surface area contributed by atoms with Crippen LogP contribution in [0, 0.1) is 6.92 Å². The van der Waals surface area contributed by atoms with Gasteiger partial charge >= 0.3 is 0 Å².